The van der Waals surface area contributed by atoms with Crippen LogP contribution in [0.15, 0.2) is 77.3 Å². The van der Waals surface area contributed by atoms with Crippen molar-refractivity contribution in [2.75, 3.05) is 11.9 Å². The fourth-order valence-corrected chi connectivity index (χ4v) is 5.30. The van der Waals surface area contributed by atoms with Crippen molar-refractivity contribution < 1.29 is 9.21 Å². The Bertz CT molecular complexity index is 1490. The number of nitrogens with zero attached hydrogens (tertiary/aromatic N) is 2. The summed E-state index contributed by atoms with van der Waals surface area (Å²) < 4.78 is 6.42. The number of nitrogens with one attached hydrogen (secondary N) is 2. The Kier molecular flexibility index (Phi) is 7.49. The molecule has 0 spiro atoms. The van der Waals surface area contributed by atoms with E-state index in [2.05, 4.69) is 15.6 Å². The first kappa shape index (κ1) is 25.9. The monoisotopic (exact) mass is 544 g/mol. The third-order valence-electron chi connectivity index (χ3n) is 6.90. The van der Waals surface area contributed by atoms with Crippen LogP contribution in [0.5, 0.6) is 0 Å². The number of benzene rings is 2. The van der Waals surface area contributed by atoms with Crippen molar-refractivity contribution in [1.29, 1.82) is 0 Å². The number of aromatic nitrogens is 1. The average Bonchev–Trinajstić information content (AvgIpc) is 3.51. The highest BCUT2D eigenvalue weighted by Gasteiger charge is 2.41. The second-order valence-corrected chi connectivity index (χ2v) is 10.3. The number of rotatable bonds is 7. The highest BCUT2D eigenvalue weighted by Crippen LogP contribution is 2.41. The zero-order valence-corrected chi connectivity index (χ0v) is 23.1. The molecule has 1 amide bonds. The smallest absolute Gasteiger partial charge is 0.226 e. The molecule has 0 bridgehead atoms. The van der Waals surface area contributed by atoms with E-state index < -0.39 is 0 Å². The summed E-state index contributed by atoms with van der Waals surface area (Å²) in [6, 6.07) is 21.0. The van der Waals surface area contributed by atoms with Gasteiger partial charge < -0.3 is 20.0 Å². The number of carbonyl (C=O) groups is 1. The van der Waals surface area contributed by atoms with Gasteiger partial charge in [-0.2, -0.15) is 0 Å². The molecule has 8 heteroatoms. The summed E-state index contributed by atoms with van der Waals surface area (Å²) in [5.74, 6) is 1.39. The van der Waals surface area contributed by atoms with Crippen LogP contribution in [0.25, 0.3) is 11.3 Å². The molecule has 0 saturated carbocycles. The highest BCUT2D eigenvalue weighted by atomic mass is 35.5. The maximum atomic E-state index is 12.9. The van der Waals surface area contributed by atoms with Gasteiger partial charge in [0.05, 0.1) is 11.7 Å². The van der Waals surface area contributed by atoms with Crippen LogP contribution in [0.4, 0.5) is 5.69 Å². The van der Waals surface area contributed by atoms with Gasteiger partial charge in [0.2, 0.25) is 5.91 Å². The van der Waals surface area contributed by atoms with Gasteiger partial charge in [0.15, 0.2) is 5.11 Å². The molecule has 4 aromatic rings. The van der Waals surface area contributed by atoms with Gasteiger partial charge in [0.25, 0.3) is 0 Å². The van der Waals surface area contributed by atoms with E-state index in [0.29, 0.717) is 16.7 Å². The first-order chi connectivity index (χ1) is 18.3. The third-order valence-corrected chi connectivity index (χ3v) is 7.66. The molecule has 38 heavy (non-hydrogen) atoms. The molecular formula is C30H29ClN4O2S. The normalized spacial score (nSPS) is 16.9. The van der Waals surface area contributed by atoms with Gasteiger partial charge in [-0.25, -0.2) is 0 Å². The number of pyridine rings is 1. The van der Waals surface area contributed by atoms with Crippen LogP contribution in [-0.2, 0) is 4.79 Å². The summed E-state index contributed by atoms with van der Waals surface area (Å²) in [5.41, 5.74) is 5.68. The molecule has 1 aliphatic rings. The van der Waals surface area contributed by atoms with E-state index in [1.165, 1.54) is 0 Å². The van der Waals surface area contributed by atoms with Crippen LogP contribution in [0.3, 0.4) is 0 Å². The lowest BCUT2D eigenvalue weighted by atomic mass is 10.0. The molecule has 2 N–H and O–H groups in total. The SMILES string of the molecule is Cc1ccc(C)c(NC(=O)CCN2C(=S)N[C@H](c3ccccn3)[C@@H]2c2ccc(-c3cccc(Cl)c3C)o2)c1. The lowest BCUT2D eigenvalue weighted by molar-refractivity contribution is -0.116. The molecule has 194 valence electrons. The Morgan fingerprint density at radius 3 is 2.74 bits per heavy atom. The van der Waals surface area contributed by atoms with Gasteiger partial charge in [-0.15, -0.1) is 0 Å². The number of aryl methyl sites for hydroxylation is 2. The standard InChI is InChI=1S/C30H29ClN4O2S/c1-18-10-11-19(2)24(17-18)33-27(36)14-16-35-29(28(34-30(35)38)23-9-4-5-15-32-23)26-13-12-25(37-26)21-7-6-8-22(31)20(21)3/h4-13,15,17,28-29H,14,16H2,1-3H3,(H,33,36)(H,34,38)/t28-,29+/m1/s1. The van der Waals surface area contributed by atoms with Crippen LogP contribution >= 0.6 is 23.8 Å². The summed E-state index contributed by atoms with van der Waals surface area (Å²) in [4.78, 5) is 19.5. The first-order valence-corrected chi connectivity index (χ1v) is 13.3. The molecule has 6 nitrogen and oxygen atoms in total. The van der Waals surface area contributed by atoms with Crippen molar-refractivity contribution in [3.8, 4) is 11.3 Å². The lowest BCUT2D eigenvalue weighted by Gasteiger charge is -2.26. The quantitative estimate of drug-likeness (QED) is 0.246. The summed E-state index contributed by atoms with van der Waals surface area (Å²) in [6.45, 7) is 6.39. The van der Waals surface area contributed by atoms with Crippen LogP contribution in [-0.4, -0.2) is 27.4 Å². The van der Waals surface area contributed by atoms with Gasteiger partial charge >= 0.3 is 0 Å². The van der Waals surface area contributed by atoms with Crippen LogP contribution in [0.2, 0.25) is 5.02 Å². The maximum Gasteiger partial charge on any atom is 0.226 e. The Balaban J connectivity index is 1.42. The number of hydrogen-bond donors (Lipinski definition) is 2. The molecule has 1 aliphatic heterocycles. The van der Waals surface area contributed by atoms with E-state index >= 15 is 0 Å². The highest BCUT2D eigenvalue weighted by molar-refractivity contribution is 7.80. The fourth-order valence-electron chi connectivity index (χ4n) is 4.79. The van der Waals surface area contributed by atoms with E-state index in [4.69, 9.17) is 28.2 Å². The molecule has 2 aromatic carbocycles. The lowest BCUT2D eigenvalue weighted by Crippen LogP contribution is -2.32. The van der Waals surface area contributed by atoms with Crippen LogP contribution in [0.1, 0.15) is 46.6 Å². The number of halogens is 1. The average molecular weight is 545 g/mol. The van der Waals surface area contributed by atoms with Crippen molar-refractivity contribution in [3.63, 3.8) is 0 Å². The molecule has 0 unspecified atom stereocenters. The van der Waals surface area contributed by atoms with Crippen molar-refractivity contribution in [2.45, 2.75) is 39.3 Å². The fraction of sp³-hybridized carbons (Fsp3) is 0.233. The summed E-state index contributed by atoms with van der Waals surface area (Å²) in [6.07, 6.45) is 2.03. The van der Waals surface area contributed by atoms with Gasteiger partial charge in [0, 0.05) is 35.4 Å². The van der Waals surface area contributed by atoms with E-state index in [1.807, 2.05) is 92.4 Å². The molecule has 0 radical (unpaired) electrons. The summed E-state index contributed by atoms with van der Waals surface area (Å²) in [7, 11) is 0. The zero-order chi connectivity index (χ0) is 26.8. The Morgan fingerprint density at radius 2 is 1.95 bits per heavy atom. The van der Waals surface area contributed by atoms with Crippen molar-refractivity contribution >= 4 is 40.5 Å². The van der Waals surface area contributed by atoms with Crippen LogP contribution < -0.4 is 10.6 Å². The molecule has 2 atom stereocenters. The largest absolute Gasteiger partial charge is 0.459 e. The number of anilines is 1. The van der Waals surface area contributed by atoms with E-state index in [1.54, 1.807) is 6.20 Å². The predicted molar refractivity (Wildman–Crippen MR) is 155 cm³/mol. The first-order valence-electron chi connectivity index (χ1n) is 12.5. The van der Waals surface area contributed by atoms with Crippen molar-refractivity contribution in [1.82, 2.24) is 15.2 Å². The van der Waals surface area contributed by atoms with Gasteiger partial charge in [-0.1, -0.05) is 41.9 Å². The van der Waals surface area contributed by atoms with Crippen LogP contribution in [0, 0.1) is 20.8 Å². The van der Waals surface area contributed by atoms with Gasteiger partial charge in [-0.3, -0.25) is 9.78 Å². The third kappa shape index (κ3) is 5.30. The Morgan fingerprint density at radius 1 is 1.11 bits per heavy atom. The minimum Gasteiger partial charge on any atom is -0.459 e. The molecule has 0 aliphatic carbocycles. The minimum atomic E-state index is -0.279. The number of carbonyl (C=O) groups excluding carboxylic acids is 1. The Hall–Kier alpha value is -3.68. The number of thiocarbonyl (C=S) groups is 1. The summed E-state index contributed by atoms with van der Waals surface area (Å²) in [5, 5.41) is 7.70. The second kappa shape index (κ2) is 11.0. The molecule has 5 rings (SSSR count). The summed E-state index contributed by atoms with van der Waals surface area (Å²) >= 11 is 12.1. The molecule has 3 heterocycles. The van der Waals surface area contributed by atoms with Gasteiger partial charge in [-0.05, 0) is 86.1 Å². The molecule has 1 saturated heterocycles. The minimum absolute atomic E-state index is 0.0729. The van der Waals surface area contributed by atoms with Crippen molar-refractivity contribution in [2.24, 2.45) is 0 Å². The number of amides is 1. The predicted octanol–water partition coefficient (Wildman–Crippen LogP) is 6.92. The van der Waals surface area contributed by atoms with E-state index in [9.17, 15) is 4.79 Å². The number of hydrogen-bond acceptors (Lipinski definition) is 4. The topological polar surface area (TPSA) is 70.4 Å². The molecule has 1 fully saturated rings. The molecule has 2 aromatic heterocycles. The van der Waals surface area contributed by atoms with E-state index in [0.717, 1.165) is 45.2 Å². The van der Waals surface area contributed by atoms with E-state index in [-0.39, 0.29) is 24.4 Å². The second-order valence-electron chi connectivity index (χ2n) is 9.55. The molecular weight excluding hydrogens is 516 g/mol. The Labute approximate surface area is 233 Å². The maximum absolute atomic E-state index is 12.9. The zero-order valence-electron chi connectivity index (χ0n) is 21.5. The number of furan rings is 1. The van der Waals surface area contributed by atoms with Gasteiger partial charge in [0.1, 0.15) is 17.6 Å². The van der Waals surface area contributed by atoms with Crippen molar-refractivity contribution in [3.05, 3.63) is 106 Å².